The summed E-state index contributed by atoms with van der Waals surface area (Å²) in [6.45, 7) is 0.528. The normalized spacial score (nSPS) is 18.9. The molecule has 1 atom stereocenters. The zero-order valence-corrected chi connectivity index (χ0v) is 10.2. The fourth-order valence-electron chi connectivity index (χ4n) is 1.79. The van der Waals surface area contributed by atoms with Crippen molar-refractivity contribution >= 4 is 24.4 Å². The van der Waals surface area contributed by atoms with E-state index < -0.39 is 0 Å². The molecule has 2 amide bonds. The maximum Gasteiger partial charge on any atom is 0.224 e. The Hall–Kier alpha value is -1.49. The number of thiol groups is 1. The summed E-state index contributed by atoms with van der Waals surface area (Å²) in [4.78, 5) is 23.5. The zero-order chi connectivity index (χ0) is 12.3. The average molecular weight is 250 g/mol. The van der Waals surface area contributed by atoms with Crippen LogP contribution in [0.5, 0.6) is 0 Å². The van der Waals surface area contributed by atoms with Gasteiger partial charge in [0.1, 0.15) is 0 Å². The molecule has 1 unspecified atom stereocenters. The van der Waals surface area contributed by atoms with Crippen LogP contribution in [0.4, 0.5) is 0 Å². The zero-order valence-electron chi connectivity index (χ0n) is 9.27. The van der Waals surface area contributed by atoms with Gasteiger partial charge in [0.15, 0.2) is 0 Å². The molecular formula is C12H14N2O2S. The molecule has 17 heavy (non-hydrogen) atoms. The third kappa shape index (κ3) is 3.49. The van der Waals surface area contributed by atoms with Crippen LogP contribution in [0.2, 0.25) is 0 Å². The smallest absolute Gasteiger partial charge is 0.224 e. The predicted octanol–water partition coefficient (Wildman–Crippen LogP) is 0.522. The molecule has 1 aromatic carbocycles. The standard InChI is InChI=1S/C12H14N2O2S/c15-11-6-9(7-13-11)14-12(16)5-8-1-3-10(17)4-2-8/h1-4,9,17H,5-7H2,(H,13,15)(H,14,16). The van der Waals surface area contributed by atoms with E-state index in [2.05, 4.69) is 23.3 Å². The fraction of sp³-hybridized carbons (Fsp3) is 0.333. The maximum atomic E-state index is 11.7. The van der Waals surface area contributed by atoms with Gasteiger partial charge >= 0.3 is 0 Å². The van der Waals surface area contributed by atoms with Gasteiger partial charge in [-0.3, -0.25) is 9.59 Å². The van der Waals surface area contributed by atoms with E-state index >= 15 is 0 Å². The van der Waals surface area contributed by atoms with Crippen LogP contribution in [0.15, 0.2) is 29.2 Å². The van der Waals surface area contributed by atoms with Crippen LogP contribution < -0.4 is 10.6 Å². The van der Waals surface area contributed by atoms with Crippen LogP contribution in [0, 0.1) is 0 Å². The first-order chi connectivity index (χ1) is 8.13. The molecule has 0 radical (unpaired) electrons. The minimum Gasteiger partial charge on any atom is -0.354 e. The molecule has 1 aliphatic rings. The third-order valence-electron chi connectivity index (χ3n) is 2.64. The van der Waals surface area contributed by atoms with E-state index in [1.165, 1.54) is 0 Å². The summed E-state index contributed by atoms with van der Waals surface area (Å²) in [7, 11) is 0. The lowest BCUT2D eigenvalue weighted by Crippen LogP contribution is -2.37. The molecule has 90 valence electrons. The number of benzene rings is 1. The summed E-state index contributed by atoms with van der Waals surface area (Å²) in [5.74, 6) is -0.0619. The van der Waals surface area contributed by atoms with E-state index in [9.17, 15) is 9.59 Å². The molecule has 4 nitrogen and oxygen atoms in total. The summed E-state index contributed by atoms with van der Waals surface area (Å²) < 4.78 is 0. The topological polar surface area (TPSA) is 58.2 Å². The monoisotopic (exact) mass is 250 g/mol. The lowest BCUT2D eigenvalue weighted by molar-refractivity contribution is -0.121. The van der Waals surface area contributed by atoms with Crippen molar-refractivity contribution in [2.75, 3.05) is 6.54 Å². The average Bonchev–Trinajstić information content (AvgIpc) is 2.67. The molecule has 1 heterocycles. The second kappa shape index (κ2) is 5.23. The van der Waals surface area contributed by atoms with Gasteiger partial charge < -0.3 is 10.6 Å². The van der Waals surface area contributed by atoms with Crippen molar-refractivity contribution in [2.45, 2.75) is 23.8 Å². The highest BCUT2D eigenvalue weighted by atomic mass is 32.1. The molecule has 1 fully saturated rings. The van der Waals surface area contributed by atoms with Crippen molar-refractivity contribution in [3.63, 3.8) is 0 Å². The number of hydrogen-bond acceptors (Lipinski definition) is 3. The van der Waals surface area contributed by atoms with Crippen molar-refractivity contribution in [3.8, 4) is 0 Å². The fourth-order valence-corrected chi connectivity index (χ4v) is 1.93. The first-order valence-electron chi connectivity index (χ1n) is 5.47. The Morgan fingerprint density at radius 3 is 2.71 bits per heavy atom. The lowest BCUT2D eigenvalue weighted by Gasteiger charge is -2.10. The number of carbonyl (C=O) groups is 2. The molecule has 0 spiro atoms. The summed E-state index contributed by atoms with van der Waals surface area (Å²) >= 11 is 4.18. The van der Waals surface area contributed by atoms with Gasteiger partial charge in [0.2, 0.25) is 11.8 Å². The minimum absolute atomic E-state index is 0.00488. The molecule has 0 bridgehead atoms. The molecule has 0 aliphatic carbocycles. The van der Waals surface area contributed by atoms with Crippen LogP contribution in [0.3, 0.4) is 0 Å². The molecule has 0 aromatic heterocycles. The Morgan fingerprint density at radius 2 is 2.12 bits per heavy atom. The van der Waals surface area contributed by atoms with Gasteiger partial charge in [0, 0.05) is 17.9 Å². The van der Waals surface area contributed by atoms with Crippen LogP contribution >= 0.6 is 12.6 Å². The van der Waals surface area contributed by atoms with Gasteiger partial charge in [-0.2, -0.15) is 0 Å². The molecule has 1 aliphatic heterocycles. The number of carbonyl (C=O) groups excluding carboxylic acids is 2. The summed E-state index contributed by atoms with van der Waals surface area (Å²) in [5, 5.41) is 5.51. The van der Waals surface area contributed by atoms with E-state index in [1.54, 1.807) is 0 Å². The van der Waals surface area contributed by atoms with Crippen LogP contribution in [0.25, 0.3) is 0 Å². The van der Waals surface area contributed by atoms with Crippen LogP contribution in [-0.4, -0.2) is 24.4 Å². The van der Waals surface area contributed by atoms with E-state index in [0.29, 0.717) is 19.4 Å². The number of rotatable bonds is 3. The molecular weight excluding hydrogens is 236 g/mol. The van der Waals surface area contributed by atoms with Gasteiger partial charge in [-0.15, -0.1) is 12.6 Å². The predicted molar refractivity (Wildman–Crippen MR) is 67.0 cm³/mol. The van der Waals surface area contributed by atoms with E-state index in [-0.39, 0.29) is 17.9 Å². The second-order valence-electron chi connectivity index (χ2n) is 4.12. The second-order valence-corrected chi connectivity index (χ2v) is 4.63. The SMILES string of the molecule is O=C1CC(NC(=O)Cc2ccc(S)cc2)CN1. The highest BCUT2D eigenvalue weighted by Crippen LogP contribution is 2.08. The largest absolute Gasteiger partial charge is 0.354 e. The van der Waals surface area contributed by atoms with Crippen LogP contribution in [0.1, 0.15) is 12.0 Å². The van der Waals surface area contributed by atoms with E-state index in [1.807, 2.05) is 24.3 Å². The Balaban J connectivity index is 1.85. The summed E-state index contributed by atoms with van der Waals surface area (Å²) in [5.41, 5.74) is 0.942. The first kappa shape index (κ1) is 12.0. The van der Waals surface area contributed by atoms with Gasteiger partial charge in [0.25, 0.3) is 0 Å². The van der Waals surface area contributed by atoms with Gasteiger partial charge in [-0.25, -0.2) is 0 Å². The molecule has 2 rings (SSSR count). The summed E-state index contributed by atoms with van der Waals surface area (Å²) in [6.07, 6.45) is 0.708. The molecule has 0 saturated carbocycles. The van der Waals surface area contributed by atoms with Crippen molar-refractivity contribution in [3.05, 3.63) is 29.8 Å². The quantitative estimate of drug-likeness (QED) is 0.685. The van der Waals surface area contributed by atoms with Crippen molar-refractivity contribution in [1.29, 1.82) is 0 Å². The van der Waals surface area contributed by atoms with Crippen LogP contribution in [-0.2, 0) is 16.0 Å². The van der Waals surface area contributed by atoms with Gasteiger partial charge in [-0.05, 0) is 17.7 Å². The van der Waals surface area contributed by atoms with E-state index in [0.717, 1.165) is 10.5 Å². The third-order valence-corrected chi connectivity index (χ3v) is 2.94. The minimum atomic E-state index is -0.0702. The lowest BCUT2D eigenvalue weighted by atomic mass is 10.1. The van der Waals surface area contributed by atoms with Crippen molar-refractivity contribution < 1.29 is 9.59 Å². The van der Waals surface area contributed by atoms with Crippen molar-refractivity contribution in [2.24, 2.45) is 0 Å². The van der Waals surface area contributed by atoms with Crippen molar-refractivity contribution in [1.82, 2.24) is 10.6 Å². The first-order valence-corrected chi connectivity index (χ1v) is 5.92. The van der Waals surface area contributed by atoms with E-state index in [4.69, 9.17) is 0 Å². The maximum absolute atomic E-state index is 11.7. The number of nitrogens with one attached hydrogen (secondary N) is 2. The molecule has 1 aromatic rings. The van der Waals surface area contributed by atoms with Gasteiger partial charge in [0.05, 0.1) is 12.5 Å². The molecule has 2 N–H and O–H groups in total. The van der Waals surface area contributed by atoms with Gasteiger partial charge in [-0.1, -0.05) is 12.1 Å². The molecule has 1 saturated heterocycles. The highest BCUT2D eigenvalue weighted by molar-refractivity contribution is 7.80. The highest BCUT2D eigenvalue weighted by Gasteiger charge is 2.22. The Bertz CT molecular complexity index is 431. The Morgan fingerprint density at radius 1 is 1.41 bits per heavy atom. The Kier molecular flexibility index (Phi) is 3.68. The summed E-state index contributed by atoms with van der Waals surface area (Å²) in [6, 6.07) is 7.39. The molecule has 5 heteroatoms. The number of amides is 2. The number of hydrogen-bond donors (Lipinski definition) is 3. The Labute approximate surface area is 105 Å².